The van der Waals surface area contributed by atoms with Crippen LogP contribution in [0.2, 0.25) is 0 Å². The van der Waals surface area contributed by atoms with Crippen LogP contribution in [-0.4, -0.2) is 63.9 Å². The number of rotatable bonds is 3. The maximum Gasteiger partial charge on any atom is 0.0831 e. The molecule has 4 heteroatoms. The van der Waals surface area contributed by atoms with Crippen LogP contribution < -0.4 is 0 Å². The lowest BCUT2D eigenvalue weighted by molar-refractivity contribution is -0.124. The maximum absolute atomic E-state index is 11.9. The van der Waals surface area contributed by atoms with Gasteiger partial charge in [0.1, 0.15) is 0 Å². The Morgan fingerprint density at radius 1 is 1.03 bits per heavy atom. The number of hydrogen-bond acceptors (Lipinski definition) is 4. The first kappa shape index (κ1) is 20.7. The fraction of sp³-hybridized carbons (Fsp3) is 0.852. The normalized spacial score (nSPS) is 46.2. The van der Waals surface area contributed by atoms with Gasteiger partial charge in [-0.3, -0.25) is 4.90 Å². The van der Waals surface area contributed by atoms with E-state index in [1.165, 1.54) is 57.2 Å². The first-order valence-electron chi connectivity index (χ1n) is 13.4. The molecule has 0 amide bonds. The van der Waals surface area contributed by atoms with E-state index < -0.39 is 5.60 Å². The molecule has 172 valence electrons. The molecule has 6 aliphatic rings. The summed E-state index contributed by atoms with van der Waals surface area (Å²) in [4.78, 5) is 5.12. The molecule has 2 saturated heterocycles. The van der Waals surface area contributed by atoms with Gasteiger partial charge in [-0.2, -0.15) is 0 Å². The van der Waals surface area contributed by atoms with Crippen molar-refractivity contribution in [1.29, 1.82) is 0 Å². The van der Waals surface area contributed by atoms with Gasteiger partial charge in [-0.1, -0.05) is 6.08 Å². The lowest BCUT2D eigenvalue weighted by Crippen LogP contribution is -2.57. The second-order valence-corrected chi connectivity index (χ2v) is 11.7. The highest BCUT2D eigenvalue weighted by Crippen LogP contribution is 2.59. The molecule has 4 aliphatic carbocycles. The minimum atomic E-state index is -0.611. The Morgan fingerprint density at radius 3 is 2.55 bits per heavy atom. The number of nitrogens with zero attached hydrogens (tertiary/aromatic N) is 2. The molecule has 0 aromatic rings. The minimum absolute atomic E-state index is 0.226. The van der Waals surface area contributed by atoms with E-state index in [2.05, 4.69) is 28.9 Å². The molecule has 6 unspecified atom stereocenters. The van der Waals surface area contributed by atoms with Crippen LogP contribution in [0.1, 0.15) is 71.1 Å². The molecule has 31 heavy (non-hydrogen) atoms. The average Bonchev–Trinajstić information content (AvgIpc) is 3.55. The Kier molecular flexibility index (Phi) is 5.28. The van der Waals surface area contributed by atoms with Crippen molar-refractivity contribution in [3.8, 4) is 0 Å². The van der Waals surface area contributed by atoms with Crippen molar-refractivity contribution in [2.24, 2.45) is 29.6 Å². The Morgan fingerprint density at radius 2 is 1.77 bits per heavy atom. The van der Waals surface area contributed by atoms with Crippen LogP contribution >= 0.6 is 0 Å². The molecule has 0 radical (unpaired) electrons. The summed E-state index contributed by atoms with van der Waals surface area (Å²) >= 11 is 0. The standard InChI is InChI=1S/C27H42N2O2/c1-18(28-12-2-3-13-28)27(31)11-10-22-23-8-6-19-16-20(29-14-4-5-15-29)7-9-21(19)26(23)25(30)17-24(22)27/h6,16,18,21-26,30-31H,2-5,7-15,17H2,1H3/t18?,21?,22?,23?,24?,25-,26?,27-/m0/s1. The molecular formula is C27H42N2O2. The summed E-state index contributed by atoms with van der Waals surface area (Å²) in [6.07, 6.45) is 16.4. The zero-order valence-electron chi connectivity index (χ0n) is 19.4. The van der Waals surface area contributed by atoms with Gasteiger partial charge in [-0.15, -0.1) is 0 Å². The van der Waals surface area contributed by atoms with E-state index in [1.807, 2.05) is 0 Å². The molecule has 0 aromatic carbocycles. The summed E-state index contributed by atoms with van der Waals surface area (Å²) in [5.41, 5.74) is 2.46. The summed E-state index contributed by atoms with van der Waals surface area (Å²) in [6, 6.07) is 0.226. The summed E-state index contributed by atoms with van der Waals surface area (Å²) in [5.74, 6) is 2.36. The van der Waals surface area contributed by atoms with Crippen LogP contribution in [0.25, 0.3) is 0 Å². The van der Waals surface area contributed by atoms with Gasteiger partial charge in [0.2, 0.25) is 0 Å². The zero-order valence-corrected chi connectivity index (χ0v) is 19.4. The van der Waals surface area contributed by atoms with Crippen LogP contribution in [0.4, 0.5) is 0 Å². The van der Waals surface area contributed by atoms with Crippen molar-refractivity contribution in [3.05, 3.63) is 23.4 Å². The number of hydrogen-bond donors (Lipinski definition) is 2. The molecular weight excluding hydrogens is 384 g/mol. The van der Waals surface area contributed by atoms with Crippen molar-refractivity contribution in [3.63, 3.8) is 0 Å². The first-order valence-corrected chi connectivity index (χ1v) is 13.4. The van der Waals surface area contributed by atoms with E-state index in [0.29, 0.717) is 23.7 Å². The Bertz CT molecular complexity index is 750. The van der Waals surface area contributed by atoms with E-state index in [0.717, 1.165) is 38.8 Å². The summed E-state index contributed by atoms with van der Waals surface area (Å²) in [7, 11) is 0. The van der Waals surface area contributed by atoms with E-state index in [4.69, 9.17) is 0 Å². The minimum Gasteiger partial charge on any atom is -0.393 e. The van der Waals surface area contributed by atoms with Crippen LogP contribution in [0.3, 0.4) is 0 Å². The number of likely N-dealkylation sites (tertiary alicyclic amines) is 2. The van der Waals surface area contributed by atoms with Gasteiger partial charge in [0.05, 0.1) is 11.7 Å². The highest BCUT2D eigenvalue weighted by atomic mass is 16.3. The van der Waals surface area contributed by atoms with Gasteiger partial charge in [0, 0.05) is 24.8 Å². The van der Waals surface area contributed by atoms with Crippen LogP contribution in [0.5, 0.6) is 0 Å². The molecule has 4 fully saturated rings. The van der Waals surface area contributed by atoms with E-state index in [9.17, 15) is 10.2 Å². The van der Waals surface area contributed by atoms with E-state index in [-0.39, 0.29) is 18.1 Å². The fourth-order valence-corrected chi connectivity index (χ4v) is 8.89. The van der Waals surface area contributed by atoms with Gasteiger partial charge < -0.3 is 15.1 Å². The van der Waals surface area contributed by atoms with Crippen molar-refractivity contribution < 1.29 is 10.2 Å². The van der Waals surface area contributed by atoms with E-state index in [1.54, 1.807) is 5.70 Å². The van der Waals surface area contributed by atoms with Crippen LogP contribution in [0, 0.1) is 29.6 Å². The lowest BCUT2D eigenvalue weighted by Gasteiger charge is -2.53. The van der Waals surface area contributed by atoms with Crippen molar-refractivity contribution in [2.45, 2.75) is 88.9 Å². The van der Waals surface area contributed by atoms with Gasteiger partial charge in [0.25, 0.3) is 0 Å². The Balaban J connectivity index is 1.24. The van der Waals surface area contributed by atoms with Gasteiger partial charge in [0.15, 0.2) is 0 Å². The summed E-state index contributed by atoms with van der Waals surface area (Å²) in [5, 5.41) is 23.4. The van der Waals surface area contributed by atoms with Crippen molar-refractivity contribution in [2.75, 3.05) is 26.2 Å². The SMILES string of the molecule is CC(N1CCCC1)[C@@]1(O)CCC2C3CC=C4C=C(N5CCCC5)CCC4C3[C@@H](O)CC21. The molecule has 6 rings (SSSR count). The van der Waals surface area contributed by atoms with Crippen molar-refractivity contribution in [1.82, 2.24) is 9.80 Å². The second-order valence-electron chi connectivity index (χ2n) is 11.7. The predicted octanol–water partition coefficient (Wildman–Crippen LogP) is 3.94. The molecule has 4 nitrogen and oxygen atoms in total. The maximum atomic E-state index is 11.9. The Labute approximate surface area is 188 Å². The van der Waals surface area contributed by atoms with Crippen LogP contribution in [-0.2, 0) is 0 Å². The third kappa shape index (κ3) is 3.27. The third-order valence-electron chi connectivity index (χ3n) is 10.5. The zero-order chi connectivity index (χ0) is 21.2. The largest absolute Gasteiger partial charge is 0.393 e. The van der Waals surface area contributed by atoms with E-state index >= 15 is 0 Å². The van der Waals surface area contributed by atoms with Gasteiger partial charge in [-0.05, 0) is 125 Å². The fourth-order valence-electron chi connectivity index (χ4n) is 8.89. The average molecular weight is 427 g/mol. The quantitative estimate of drug-likeness (QED) is 0.718. The topological polar surface area (TPSA) is 46.9 Å². The molecule has 0 bridgehead atoms. The molecule has 2 saturated carbocycles. The van der Waals surface area contributed by atoms with Gasteiger partial charge in [-0.25, -0.2) is 0 Å². The lowest BCUT2D eigenvalue weighted by atomic mass is 9.55. The highest BCUT2D eigenvalue weighted by molar-refractivity contribution is 5.33. The van der Waals surface area contributed by atoms with Gasteiger partial charge >= 0.3 is 0 Å². The van der Waals surface area contributed by atoms with Crippen LogP contribution in [0.15, 0.2) is 23.4 Å². The molecule has 0 spiro atoms. The number of allylic oxidation sites excluding steroid dienone is 4. The molecule has 2 heterocycles. The number of aliphatic hydroxyl groups excluding tert-OH is 1. The predicted molar refractivity (Wildman–Crippen MR) is 123 cm³/mol. The number of fused-ring (bicyclic) bond motifs is 5. The number of aliphatic hydroxyl groups is 2. The molecule has 2 N–H and O–H groups in total. The molecule has 0 aromatic heterocycles. The highest BCUT2D eigenvalue weighted by Gasteiger charge is 2.59. The van der Waals surface area contributed by atoms with Crippen molar-refractivity contribution >= 4 is 0 Å². The smallest absolute Gasteiger partial charge is 0.0831 e. The monoisotopic (exact) mass is 426 g/mol. The first-order chi connectivity index (χ1) is 15.1. The second kappa shape index (κ2) is 7.88. The molecule has 8 atom stereocenters. The summed E-state index contributed by atoms with van der Waals surface area (Å²) in [6.45, 7) is 6.99. The summed E-state index contributed by atoms with van der Waals surface area (Å²) < 4.78 is 0. The Hall–Kier alpha value is -0.840. The third-order valence-corrected chi connectivity index (χ3v) is 10.5. The molecule has 2 aliphatic heterocycles.